The van der Waals surface area contributed by atoms with Crippen LogP contribution in [0.2, 0.25) is 0 Å². The maximum Gasteiger partial charge on any atom is 0.219 e. The van der Waals surface area contributed by atoms with Gasteiger partial charge in [0.25, 0.3) is 0 Å². The zero-order valence-electron chi connectivity index (χ0n) is 21.1. The molecular weight excluding hydrogens is 493 g/mol. The molecule has 0 spiro atoms. The molecule has 38 heavy (non-hydrogen) atoms. The van der Waals surface area contributed by atoms with Gasteiger partial charge in [-0.3, -0.25) is 0 Å². The maximum absolute atomic E-state index is 14.8. The molecule has 1 N–H and O–H groups in total. The van der Waals surface area contributed by atoms with Crippen LogP contribution in [-0.2, 0) is 4.74 Å². The van der Waals surface area contributed by atoms with Crippen molar-refractivity contribution in [3.8, 4) is 28.5 Å². The molecule has 2 atom stereocenters. The van der Waals surface area contributed by atoms with Gasteiger partial charge in [-0.15, -0.1) is 0 Å². The topological polar surface area (TPSA) is 63.9 Å². The van der Waals surface area contributed by atoms with Gasteiger partial charge in [0, 0.05) is 34.6 Å². The lowest BCUT2D eigenvalue weighted by molar-refractivity contribution is 0.102. The van der Waals surface area contributed by atoms with Crippen molar-refractivity contribution >= 4 is 16.8 Å². The van der Waals surface area contributed by atoms with Crippen LogP contribution < -0.4 is 4.74 Å². The SMILES string of the molecule is Cc1cc(O)c2nc(Oc3cc(C4=N[C@H]5CCC(C)(C)[C@H]5O4)cc(-c4c(F)cc(F)cc4F)c3)ccc2c1. The number of pyridine rings is 1. The van der Waals surface area contributed by atoms with Crippen molar-refractivity contribution in [2.75, 3.05) is 0 Å². The van der Waals surface area contributed by atoms with Crippen LogP contribution in [0.3, 0.4) is 0 Å². The molecule has 1 saturated carbocycles. The standard InChI is InChI=1S/C30H25F3N2O3/c1-15-8-16-4-5-25(35-27(16)24(36)9-15)37-20-11-17(26-21(32)13-19(31)14-22(26)33)10-18(12-20)29-34-23-6-7-30(2,3)28(23)38-29/h4-5,8-14,23,28,36H,6-7H2,1-3H3/t23-,28-/m0/s1. The summed E-state index contributed by atoms with van der Waals surface area (Å²) < 4.78 is 55.5. The first-order chi connectivity index (χ1) is 18.1. The van der Waals surface area contributed by atoms with E-state index in [0.717, 1.165) is 23.8 Å². The van der Waals surface area contributed by atoms with Crippen LogP contribution in [0, 0.1) is 29.8 Å². The molecule has 194 valence electrons. The normalized spacial score (nSPS) is 19.8. The molecule has 1 aliphatic heterocycles. The lowest BCUT2D eigenvalue weighted by Crippen LogP contribution is -2.30. The fraction of sp³-hybridized carbons (Fsp3) is 0.267. The predicted octanol–water partition coefficient (Wildman–Crippen LogP) is 7.46. The van der Waals surface area contributed by atoms with Gasteiger partial charge in [-0.05, 0) is 67.3 Å². The monoisotopic (exact) mass is 518 g/mol. The van der Waals surface area contributed by atoms with Gasteiger partial charge >= 0.3 is 0 Å². The van der Waals surface area contributed by atoms with Gasteiger partial charge in [-0.2, -0.15) is 0 Å². The highest BCUT2D eigenvalue weighted by molar-refractivity contribution is 5.97. The highest BCUT2D eigenvalue weighted by Crippen LogP contribution is 2.45. The molecule has 4 aromatic rings. The van der Waals surface area contributed by atoms with E-state index in [0.29, 0.717) is 29.1 Å². The number of halogens is 3. The summed E-state index contributed by atoms with van der Waals surface area (Å²) in [6.45, 7) is 6.13. The van der Waals surface area contributed by atoms with Gasteiger partial charge in [-0.1, -0.05) is 13.8 Å². The Morgan fingerprint density at radius 1 is 0.974 bits per heavy atom. The number of ether oxygens (including phenoxy) is 2. The average molecular weight is 519 g/mol. The Hall–Kier alpha value is -4.07. The first kappa shape index (κ1) is 24.3. The van der Waals surface area contributed by atoms with E-state index in [4.69, 9.17) is 14.5 Å². The highest BCUT2D eigenvalue weighted by atomic mass is 19.1. The minimum Gasteiger partial charge on any atom is -0.506 e. The molecule has 1 aromatic heterocycles. The van der Waals surface area contributed by atoms with E-state index in [1.54, 1.807) is 30.3 Å². The number of phenolic OH excluding ortho intramolecular Hbond substituents is 1. The summed E-state index contributed by atoms with van der Waals surface area (Å²) in [5, 5.41) is 11.1. The second-order valence-corrected chi connectivity index (χ2v) is 10.7. The molecule has 0 unspecified atom stereocenters. The number of aromatic nitrogens is 1. The molecule has 5 nitrogen and oxygen atoms in total. The fourth-order valence-corrected chi connectivity index (χ4v) is 5.41. The number of fused-ring (bicyclic) bond motifs is 2. The molecule has 2 heterocycles. The fourth-order valence-electron chi connectivity index (χ4n) is 5.41. The highest BCUT2D eigenvalue weighted by Gasteiger charge is 2.48. The summed E-state index contributed by atoms with van der Waals surface area (Å²) in [5.74, 6) is -2.32. The summed E-state index contributed by atoms with van der Waals surface area (Å²) in [6.07, 6.45) is 1.77. The number of benzene rings is 3. The van der Waals surface area contributed by atoms with Crippen molar-refractivity contribution in [2.24, 2.45) is 10.4 Å². The predicted molar refractivity (Wildman–Crippen MR) is 138 cm³/mol. The van der Waals surface area contributed by atoms with E-state index in [1.165, 1.54) is 6.07 Å². The van der Waals surface area contributed by atoms with Crippen LogP contribution in [0.4, 0.5) is 13.2 Å². The summed E-state index contributed by atoms with van der Waals surface area (Å²) >= 11 is 0. The minimum atomic E-state index is -1.04. The number of hydrogen-bond acceptors (Lipinski definition) is 5. The average Bonchev–Trinajstić information content (AvgIpc) is 3.39. The maximum atomic E-state index is 14.8. The first-order valence-corrected chi connectivity index (χ1v) is 12.4. The van der Waals surface area contributed by atoms with Crippen LogP contribution in [0.15, 0.2) is 59.6 Å². The molecule has 1 aliphatic carbocycles. The molecule has 6 rings (SSSR count). The van der Waals surface area contributed by atoms with Crippen LogP contribution in [0.5, 0.6) is 17.4 Å². The number of aromatic hydroxyl groups is 1. The Kier molecular flexibility index (Phi) is 5.59. The Balaban J connectivity index is 1.44. The van der Waals surface area contributed by atoms with E-state index in [1.807, 2.05) is 13.0 Å². The van der Waals surface area contributed by atoms with Crippen molar-refractivity contribution in [1.82, 2.24) is 4.98 Å². The summed E-state index contributed by atoms with van der Waals surface area (Å²) in [4.78, 5) is 9.18. The molecule has 1 fully saturated rings. The van der Waals surface area contributed by atoms with Gasteiger partial charge < -0.3 is 14.6 Å². The van der Waals surface area contributed by atoms with Gasteiger partial charge in [0.05, 0.1) is 11.6 Å². The third kappa shape index (κ3) is 4.23. The van der Waals surface area contributed by atoms with Crippen LogP contribution in [-0.4, -0.2) is 28.1 Å². The van der Waals surface area contributed by atoms with Crippen molar-refractivity contribution in [1.29, 1.82) is 0 Å². The zero-order chi connectivity index (χ0) is 26.8. The second-order valence-electron chi connectivity index (χ2n) is 10.7. The van der Waals surface area contributed by atoms with Crippen molar-refractivity contribution in [3.05, 3.63) is 83.2 Å². The van der Waals surface area contributed by atoms with Gasteiger partial charge in [-0.25, -0.2) is 23.1 Å². The second kappa shape index (κ2) is 8.75. The van der Waals surface area contributed by atoms with Crippen LogP contribution in [0.1, 0.15) is 37.8 Å². The molecule has 0 bridgehead atoms. The lowest BCUT2D eigenvalue weighted by atomic mass is 9.89. The summed E-state index contributed by atoms with van der Waals surface area (Å²) in [6, 6.07) is 12.8. The number of aryl methyl sites for hydroxylation is 1. The third-order valence-corrected chi connectivity index (χ3v) is 7.29. The van der Waals surface area contributed by atoms with Gasteiger partial charge in [0.1, 0.15) is 40.6 Å². The molecular formula is C30H25F3N2O3. The van der Waals surface area contributed by atoms with Crippen molar-refractivity contribution in [2.45, 2.75) is 45.8 Å². The van der Waals surface area contributed by atoms with E-state index in [2.05, 4.69) is 18.8 Å². The minimum absolute atomic E-state index is 0.000837. The number of aliphatic imine (C=N–C) groups is 1. The number of nitrogens with zero attached hydrogens (tertiary/aromatic N) is 2. The Morgan fingerprint density at radius 3 is 2.45 bits per heavy atom. The van der Waals surface area contributed by atoms with E-state index < -0.39 is 23.0 Å². The van der Waals surface area contributed by atoms with E-state index >= 15 is 0 Å². The molecule has 2 aliphatic rings. The third-order valence-electron chi connectivity index (χ3n) is 7.29. The van der Waals surface area contributed by atoms with Gasteiger partial charge in [0.15, 0.2) is 0 Å². The molecule has 0 radical (unpaired) electrons. The summed E-state index contributed by atoms with van der Waals surface area (Å²) in [5.41, 5.74) is 1.41. The summed E-state index contributed by atoms with van der Waals surface area (Å²) in [7, 11) is 0. The van der Waals surface area contributed by atoms with E-state index in [-0.39, 0.29) is 40.5 Å². The Morgan fingerprint density at radius 2 is 1.71 bits per heavy atom. The van der Waals surface area contributed by atoms with E-state index in [9.17, 15) is 18.3 Å². The van der Waals surface area contributed by atoms with Crippen LogP contribution in [0.25, 0.3) is 22.0 Å². The molecule has 0 saturated heterocycles. The molecule has 3 aromatic carbocycles. The molecule has 0 amide bonds. The Labute approximate surface area is 217 Å². The number of rotatable bonds is 4. The van der Waals surface area contributed by atoms with Crippen molar-refractivity contribution in [3.63, 3.8) is 0 Å². The lowest BCUT2D eigenvalue weighted by Gasteiger charge is -2.25. The smallest absolute Gasteiger partial charge is 0.219 e. The van der Waals surface area contributed by atoms with Gasteiger partial charge in [0.2, 0.25) is 11.8 Å². The zero-order valence-corrected chi connectivity index (χ0v) is 21.1. The Bertz CT molecular complexity index is 1610. The molecule has 8 heteroatoms. The number of phenols is 1. The van der Waals surface area contributed by atoms with Crippen LogP contribution >= 0.6 is 0 Å². The quantitative estimate of drug-likeness (QED) is 0.305. The number of hydrogen-bond donors (Lipinski definition) is 1. The van der Waals surface area contributed by atoms with Crippen molar-refractivity contribution < 1.29 is 27.8 Å². The first-order valence-electron chi connectivity index (χ1n) is 12.4. The largest absolute Gasteiger partial charge is 0.506 e.